The van der Waals surface area contributed by atoms with Crippen molar-refractivity contribution < 1.29 is 4.39 Å². The highest BCUT2D eigenvalue weighted by Crippen LogP contribution is 2.25. The molecule has 0 saturated heterocycles. The Hall–Kier alpha value is -1.46. The number of aromatic nitrogens is 3. The average Bonchev–Trinajstić information content (AvgIpc) is 2.78. The molecule has 21 heavy (non-hydrogen) atoms. The highest BCUT2D eigenvalue weighted by Gasteiger charge is 2.16. The van der Waals surface area contributed by atoms with Crippen molar-refractivity contribution in [3.63, 3.8) is 0 Å². The average molecular weight is 311 g/mol. The van der Waals surface area contributed by atoms with Crippen LogP contribution in [-0.4, -0.2) is 14.8 Å². The van der Waals surface area contributed by atoms with Crippen LogP contribution in [0.4, 0.5) is 4.39 Å². The van der Waals surface area contributed by atoms with Crippen LogP contribution in [0, 0.1) is 12.7 Å². The Morgan fingerprint density at radius 3 is 2.81 bits per heavy atom. The van der Waals surface area contributed by atoms with Gasteiger partial charge in [0.25, 0.3) is 0 Å². The van der Waals surface area contributed by atoms with Crippen molar-refractivity contribution in [1.82, 2.24) is 20.1 Å². The van der Waals surface area contributed by atoms with E-state index in [0.29, 0.717) is 17.1 Å². The third-order valence-electron chi connectivity index (χ3n) is 3.46. The zero-order valence-corrected chi connectivity index (χ0v) is 13.3. The monoisotopic (exact) mass is 310 g/mol. The first-order chi connectivity index (χ1) is 10.0. The minimum Gasteiger partial charge on any atom is -0.314 e. The minimum atomic E-state index is -0.297. The van der Waals surface area contributed by atoms with Crippen LogP contribution < -0.4 is 5.32 Å². The topological polar surface area (TPSA) is 42.7 Å². The molecule has 0 spiro atoms. The molecule has 6 heteroatoms. The maximum atomic E-state index is 13.9. The lowest BCUT2D eigenvalue weighted by Gasteiger charge is -2.16. The van der Waals surface area contributed by atoms with Crippen LogP contribution in [0.15, 0.2) is 18.2 Å². The molecular formula is C15H20ClFN4. The molecule has 2 rings (SSSR count). The second-order valence-electron chi connectivity index (χ2n) is 5.05. The maximum Gasteiger partial charge on any atom is 0.147 e. The van der Waals surface area contributed by atoms with Crippen LogP contribution in [-0.2, 0) is 13.1 Å². The molecule has 114 valence electrons. The molecule has 4 nitrogen and oxygen atoms in total. The third-order valence-corrected chi connectivity index (χ3v) is 3.79. The first-order valence-electron chi connectivity index (χ1n) is 7.10. The van der Waals surface area contributed by atoms with Crippen LogP contribution in [0.2, 0.25) is 5.02 Å². The van der Waals surface area contributed by atoms with Crippen molar-refractivity contribution >= 4 is 11.6 Å². The number of aryl methyl sites for hydroxylation is 1. The Balaban J connectivity index is 2.09. The van der Waals surface area contributed by atoms with Gasteiger partial charge in [0.2, 0.25) is 0 Å². The zero-order valence-electron chi connectivity index (χ0n) is 12.5. The summed E-state index contributed by atoms with van der Waals surface area (Å²) in [4.78, 5) is 0. The van der Waals surface area contributed by atoms with Gasteiger partial charge < -0.3 is 9.88 Å². The van der Waals surface area contributed by atoms with Crippen molar-refractivity contribution in [2.24, 2.45) is 0 Å². The van der Waals surface area contributed by atoms with Gasteiger partial charge in [0.15, 0.2) is 0 Å². The summed E-state index contributed by atoms with van der Waals surface area (Å²) in [6.45, 7) is 7.33. The molecule has 0 aliphatic carbocycles. The molecule has 2 aromatic rings. The number of nitrogens with zero attached hydrogens (tertiary/aromatic N) is 3. The van der Waals surface area contributed by atoms with E-state index in [1.54, 1.807) is 12.1 Å². The van der Waals surface area contributed by atoms with Gasteiger partial charge in [0, 0.05) is 23.2 Å². The van der Waals surface area contributed by atoms with Gasteiger partial charge in [0.05, 0.1) is 6.54 Å². The molecule has 1 N–H and O–H groups in total. The SMILES string of the molecule is CCCn1c(C)nnc1CN[C@@H](C)c1c(F)cccc1Cl. The molecule has 1 aromatic heterocycles. The van der Waals surface area contributed by atoms with Gasteiger partial charge in [-0.05, 0) is 32.4 Å². The van der Waals surface area contributed by atoms with Crippen molar-refractivity contribution in [3.05, 3.63) is 46.3 Å². The summed E-state index contributed by atoms with van der Waals surface area (Å²) in [5.74, 6) is 1.45. The van der Waals surface area contributed by atoms with Gasteiger partial charge in [-0.1, -0.05) is 24.6 Å². The van der Waals surface area contributed by atoms with E-state index in [9.17, 15) is 4.39 Å². The van der Waals surface area contributed by atoms with E-state index in [1.807, 2.05) is 13.8 Å². The van der Waals surface area contributed by atoms with Crippen molar-refractivity contribution in [2.75, 3.05) is 0 Å². The Morgan fingerprint density at radius 1 is 1.38 bits per heavy atom. The normalized spacial score (nSPS) is 12.6. The molecule has 0 fully saturated rings. The summed E-state index contributed by atoms with van der Waals surface area (Å²) in [5.41, 5.74) is 0.484. The van der Waals surface area contributed by atoms with E-state index in [2.05, 4.69) is 27.0 Å². The highest BCUT2D eigenvalue weighted by atomic mass is 35.5. The van der Waals surface area contributed by atoms with Crippen LogP contribution in [0.25, 0.3) is 0 Å². The van der Waals surface area contributed by atoms with Gasteiger partial charge in [-0.3, -0.25) is 0 Å². The molecule has 1 aromatic carbocycles. The van der Waals surface area contributed by atoms with Crippen molar-refractivity contribution in [1.29, 1.82) is 0 Å². The molecule has 0 amide bonds. The van der Waals surface area contributed by atoms with E-state index in [0.717, 1.165) is 24.6 Å². The van der Waals surface area contributed by atoms with E-state index >= 15 is 0 Å². The Morgan fingerprint density at radius 2 is 2.14 bits per heavy atom. The number of hydrogen-bond acceptors (Lipinski definition) is 3. The van der Waals surface area contributed by atoms with Gasteiger partial charge in [-0.25, -0.2) is 4.39 Å². The number of hydrogen-bond donors (Lipinski definition) is 1. The van der Waals surface area contributed by atoms with E-state index in [4.69, 9.17) is 11.6 Å². The summed E-state index contributed by atoms with van der Waals surface area (Å²) in [7, 11) is 0. The fourth-order valence-electron chi connectivity index (χ4n) is 2.34. The first kappa shape index (κ1) is 15.9. The largest absolute Gasteiger partial charge is 0.314 e. The van der Waals surface area contributed by atoms with E-state index in [1.165, 1.54) is 6.07 Å². The summed E-state index contributed by atoms with van der Waals surface area (Å²) in [6.07, 6.45) is 1.01. The lowest BCUT2D eigenvalue weighted by molar-refractivity contribution is 0.504. The second-order valence-corrected chi connectivity index (χ2v) is 5.46. The van der Waals surface area contributed by atoms with E-state index in [-0.39, 0.29) is 11.9 Å². The maximum absolute atomic E-state index is 13.9. The molecule has 0 radical (unpaired) electrons. The summed E-state index contributed by atoms with van der Waals surface area (Å²) < 4.78 is 15.9. The van der Waals surface area contributed by atoms with Crippen LogP contribution in [0.3, 0.4) is 0 Å². The molecule has 1 heterocycles. The van der Waals surface area contributed by atoms with Crippen LogP contribution in [0.5, 0.6) is 0 Å². The molecule has 0 unspecified atom stereocenters. The third kappa shape index (κ3) is 3.60. The molecule has 0 aliphatic heterocycles. The van der Waals surface area contributed by atoms with Crippen LogP contribution >= 0.6 is 11.6 Å². The van der Waals surface area contributed by atoms with Gasteiger partial charge in [0.1, 0.15) is 17.5 Å². The second kappa shape index (κ2) is 7.00. The summed E-state index contributed by atoms with van der Waals surface area (Å²) in [6, 6.07) is 4.52. The fraction of sp³-hybridized carbons (Fsp3) is 0.467. The van der Waals surface area contributed by atoms with Crippen molar-refractivity contribution in [2.45, 2.75) is 46.3 Å². The molecule has 0 bridgehead atoms. The van der Waals surface area contributed by atoms with Crippen molar-refractivity contribution in [3.8, 4) is 0 Å². The van der Waals surface area contributed by atoms with Crippen LogP contribution in [0.1, 0.15) is 43.5 Å². The number of rotatable bonds is 6. The summed E-state index contributed by atoms with van der Waals surface area (Å²) in [5, 5.41) is 12.0. The molecular weight excluding hydrogens is 291 g/mol. The number of nitrogens with one attached hydrogen (secondary N) is 1. The lowest BCUT2D eigenvalue weighted by atomic mass is 10.1. The zero-order chi connectivity index (χ0) is 15.4. The van der Waals surface area contributed by atoms with Gasteiger partial charge in [-0.2, -0.15) is 0 Å². The van der Waals surface area contributed by atoms with Gasteiger partial charge >= 0.3 is 0 Å². The number of halogens is 2. The molecule has 0 saturated carbocycles. The first-order valence-corrected chi connectivity index (χ1v) is 7.48. The Kier molecular flexibility index (Phi) is 5.31. The molecule has 1 atom stereocenters. The highest BCUT2D eigenvalue weighted by molar-refractivity contribution is 6.31. The predicted octanol–water partition coefficient (Wildman–Crippen LogP) is 3.64. The smallest absolute Gasteiger partial charge is 0.147 e. The fourth-order valence-corrected chi connectivity index (χ4v) is 2.67. The lowest BCUT2D eigenvalue weighted by Crippen LogP contribution is -2.22. The summed E-state index contributed by atoms with van der Waals surface area (Å²) >= 11 is 6.08. The Bertz CT molecular complexity index is 591. The number of benzene rings is 1. The standard InChI is InChI=1S/C15H20ClFN4/c1-4-8-21-11(3)19-20-14(21)9-18-10(2)15-12(16)6-5-7-13(15)17/h5-7,10,18H,4,8-9H2,1-3H3/t10-/m0/s1. The predicted molar refractivity (Wildman–Crippen MR) is 81.7 cm³/mol. The van der Waals surface area contributed by atoms with Gasteiger partial charge in [-0.15, -0.1) is 10.2 Å². The van der Waals surface area contributed by atoms with E-state index < -0.39 is 0 Å². The quantitative estimate of drug-likeness (QED) is 0.886. The Labute approximate surface area is 129 Å². The minimum absolute atomic E-state index is 0.203. The molecule has 0 aliphatic rings.